The molecule has 7 heteroatoms. The first-order valence-electron chi connectivity index (χ1n) is 14.1. The summed E-state index contributed by atoms with van der Waals surface area (Å²) >= 11 is 0. The highest BCUT2D eigenvalue weighted by Crippen LogP contribution is 2.30. The molecule has 7 nitrogen and oxygen atoms in total. The number of ether oxygens (including phenoxy) is 1. The molecule has 0 unspecified atom stereocenters. The molecule has 2 aromatic carbocycles. The SMILES string of the molecule is COc1ccccc1N1CCN(C(=O)c2cc3oc(CN4CCC(C)CC4)cc3n2Cc2ccccc2)CC1. The van der Waals surface area contributed by atoms with Crippen LogP contribution in [0.4, 0.5) is 5.69 Å². The van der Waals surface area contributed by atoms with Gasteiger partial charge in [-0.05, 0) is 49.5 Å². The molecule has 204 valence electrons. The van der Waals surface area contributed by atoms with E-state index >= 15 is 0 Å². The Hall–Kier alpha value is -3.71. The maximum atomic E-state index is 13.9. The number of nitrogens with zero attached hydrogens (tertiary/aromatic N) is 4. The van der Waals surface area contributed by atoms with Crippen LogP contribution in [0.15, 0.2) is 71.1 Å². The number of piperazine rings is 1. The van der Waals surface area contributed by atoms with Crippen molar-refractivity contribution in [2.24, 2.45) is 5.92 Å². The molecule has 0 spiro atoms. The second-order valence-corrected chi connectivity index (χ2v) is 11.0. The standard InChI is InChI=1S/C32H38N4O3/c1-24-12-14-33(15-13-24)23-26-20-28-31(39-26)21-29(36(28)22-25-8-4-3-5-9-25)32(37)35-18-16-34(17-19-35)27-10-6-7-11-30(27)38-2/h3-11,20-21,24H,12-19,22-23H2,1-2H3. The van der Waals surface area contributed by atoms with Crippen LogP contribution in [0.2, 0.25) is 0 Å². The van der Waals surface area contributed by atoms with Crippen LogP contribution in [0, 0.1) is 5.92 Å². The molecule has 2 aliphatic heterocycles. The number of hydrogen-bond donors (Lipinski definition) is 0. The van der Waals surface area contributed by atoms with Gasteiger partial charge in [0, 0.05) is 44.9 Å². The molecule has 2 aromatic heterocycles. The zero-order valence-electron chi connectivity index (χ0n) is 23.0. The molecule has 39 heavy (non-hydrogen) atoms. The Morgan fingerprint density at radius 3 is 2.36 bits per heavy atom. The minimum atomic E-state index is 0.0589. The summed E-state index contributed by atoms with van der Waals surface area (Å²) in [5.74, 6) is 2.70. The number of aromatic nitrogens is 1. The zero-order chi connectivity index (χ0) is 26.8. The molecule has 4 aromatic rings. The van der Waals surface area contributed by atoms with Crippen molar-refractivity contribution in [1.29, 1.82) is 0 Å². The minimum Gasteiger partial charge on any atom is -0.495 e. The number of anilines is 1. The summed E-state index contributed by atoms with van der Waals surface area (Å²) < 4.78 is 14.0. The minimum absolute atomic E-state index is 0.0589. The summed E-state index contributed by atoms with van der Waals surface area (Å²) in [5.41, 5.74) is 4.72. The fraction of sp³-hybridized carbons (Fsp3) is 0.406. The third-order valence-electron chi connectivity index (χ3n) is 8.29. The third kappa shape index (κ3) is 5.41. The Balaban J connectivity index is 1.23. The van der Waals surface area contributed by atoms with E-state index in [4.69, 9.17) is 9.15 Å². The second-order valence-electron chi connectivity index (χ2n) is 11.0. The number of piperidine rings is 1. The van der Waals surface area contributed by atoms with Gasteiger partial charge in [0.2, 0.25) is 0 Å². The molecular weight excluding hydrogens is 488 g/mol. The molecule has 0 atom stereocenters. The van der Waals surface area contributed by atoms with E-state index in [9.17, 15) is 4.79 Å². The number of rotatable bonds is 7. The van der Waals surface area contributed by atoms with Crippen molar-refractivity contribution in [3.05, 3.63) is 83.7 Å². The number of carbonyl (C=O) groups is 1. The lowest BCUT2D eigenvalue weighted by atomic mass is 9.99. The lowest BCUT2D eigenvalue weighted by molar-refractivity contribution is 0.0736. The number of amides is 1. The number of likely N-dealkylation sites (tertiary alicyclic amines) is 1. The predicted molar refractivity (Wildman–Crippen MR) is 155 cm³/mol. The lowest BCUT2D eigenvalue weighted by Gasteiger charge is -2.36. The largest absolute Gasteiger partial charge is 0.495 e. The van der Waals surface area contributed by atoms with E-state index in [2.05, 4.69) is 45.6 Å². The molecule has 2 fully saturated rings. The molecule has 0 saturated carbocycles. The van der Waals surface area contributed by atoms with Gasteiger partial charge in [-0.15, -0.1) is 0 Å². The van der Waals surface area contributed by atoms with Crippen molar-refractivity contribution in [2.75, 3.05) is 51.3 Å². The lowest BCUT2D eigenvalue weighted by Crippen LogP contribution is -2.49. The Bertz CT molecular complexity index is 1410. The summed E-state index contributed by atoms with van der Waals surface area (Å²) in [6, 6.07) is 22.5. The van der Waals surface area contributed by atoms with Gasteiger partial charge in [-0.3, -0.25) is 9.69 Å². The number of benzene rings is 2. The number of hydrogen-bond acceptors (Lipinski definition) is 5. The molecule has 0 aliphatic carbocycles. The van der Waals surface area contributed by atoms with Gasteiger partial charge in [-0.25, -0.2) is 0 Å². The molecule has 4 heterocycles. The third-order valence-corrected chi connectivity index (χ3v) is 8.29. The fourth-order valence-electron chi connectivity index (χ4n) is 5.93. The van der Waals surface area contributed by atoms with Crippen LogP contribution in [0.25, 0.3) is 11.1 Å². The van der Waals surface area contributed by atoms with Gasteiger partial charge >= 0.3 is 0 Å². The van der Waals surface area contributed by atoms with Gasteiger partial charge < -0.3 is 23.5 Å². The van der Waals surface area contributed by atoms with E-state index in [-0.39, 0.29) is 5.91 Å². The van der Waals surface area contributed by atoms with Gasteiger partial charge in [-0.2, -0.15) is 0 Å². The van der Waals surface area contributed by atoms with Gasteiger partial charge in [0.1, 0.15) is 17.2 Å². The van der Waals surface area contributed by atoms with Gasteiger partial charge in [0.25, 0.3) is 5.91 Å². The van der Waals surface area contributed by atoms with Crippen LogP contribution >= 0.6 is 0 Å². The summed E-state index contributed by atoms with van der Waals surface area (Å²) in [7, 11) is 1.70. The average Bonchev–Trinajstić information content (AvgIpc) is 3.52. The van der Waals surface area contributed by atoms with E-state index in [0.29, 0.717) is 25.3 Å². The Morgan fingerprint density at radius 2 is 1.62 bits per heavy atom. The Morgan fingerprint density at radius 1 is 0.897 bits per heavy atom. The maximum Gasteiger partial charge on any atom is 0.270 e. The quantitative estimate of drug-likeness (QED) is 0.319. The molecular formula is C32H38N4O3. The van der Waals surface area contributed by atoms with Crippen LogP contribution in [0.5, 0.6) is 5.75 Å². The van der Waals surface area contributed by atoms with Crippen molar-refractivity contribution >= 4 is 22.7 Å². The van der Waals surface area contributed by atoms with Crippen LogP contribution in [-0.4, -0.2) is 66.7 Å². The van der Waals surface area contributed by atoms with E-state index in [1.165, 1.54) is 12.8 Å². The Labute approximate surface area is 230 Å². The summed E-state index contributed by atoms with van der Waals surface area (Å²) in [5, 5.41) is 0. The highest BCUT2D eigenvalue weighted by atomic mass is 16.5. The maximum absolute atomic E-state index is 13.9. The van der Waals surface area contributed by atoms with E-state index < -0.39 is 0 Å². The normalized spacial score (nSPS) is 17.2. The molecule has 2 aliphatic rings. The van der Waals surface area contributed by atoms with Crippen LogP contribution in [-0.2, 0) is 13.1 Å². The van der Waals surface area contributed by atoms with E-state index in [1.54, 1.807) is 7.11 Å². The smallest absolute Gasteiger partial charge is 0.270 e. The van der Waals surface area contributed by atoms with Gasteiger partial charge in [-0.1, -0.05) is 49.4 Å². The zero-order valence-corrected chi connectivity index (χ0v) is 23.0. The molecule has 0 radical (unpaired) electrons. The second kappa shape index (κ2) is 11.2. The van der Waals surface area contributed by atoms with Crippen LogP contribution < -0.4 is 9.64 Å². The monoisotopic (exact) mass is 526 g/mol. The predicted octanol–water partition coefficient (Wildman–Crippen LogP) is 5.49. The van der Waals surface area contributed by atoms with Gasteiger partial charge in [0.05, 0.1) is 24.9 Å². The number of fused-ring (bicyclic) bond motifs is 1. The molecule has 0 N–H and O–H groups in total. The van der Waals surface area contributed by atoms with Crippen LogP contribution in [0.1, 0.15) is 41.6 Å². The molecule has 6 rings (SSSR count). The summed E-state index contributed by atoms with van der Waals surface area (Å²) in [6.07, 6.45) is 2.48. The average molecular weight is 527 g/mol. The number of carbonyl (C=O) groups excluding carboxylic acids is 1. The number of furan rings is 1. The van der Waals surface area contributed by atoms with Crippen molar-refractivity contribution in [3.63, 3.8) is 0 Å². The Kier molecular flexibility index (Phi) is 7.33. The molecule has 0 bridgehead atoms. The highest BCUT2D eigenvalue weighted by Gasteiger charge is 2.28. The number of para-hydroxylation sites is 2. The molecule has 2 saturated heterocycles. The topological polar surface area (TPSA) is 54.1 Å². The van der Waals surface area contributed by atoms with Crippen molar-refractivity contribution in [3.8, 4) is 5.75 Å². The highest BCUT2D eigenvalue weighted by molar-refractivity contribution is 5.98. The fourth-order valence-corrected chi connectivity index (χ4v) is 5.93. The first-order chi connectivity index (χ1) is 19.1. The van der Waals surface area contributed by atoms with E-state index in [1.807, 2.05) is 47.4 Å². The summed E-state index contributed by atoms with van der Waals surface area (Å²) in [4.78, 5) is 20.6. The first kappa shape index (κ1) is 25.6. The van der Waals surface area contributed by atoms with Crippen molar-refractivity contribution < 1.29 is 13.9 Å². The summed E-state index contributed by atoms with van der Waals surface area (Å²) in [6.45, 7) is 8.86. The van der Waals surface area contributed by atoms with Crippen molar-refractivity contribution in [1.82, 2.24) is 14.4 Å². The first-order valence-corrected chi connectivity index (χ1v) is 14.1. The van der Waals surface area contributed by atoms with E-state index in [0.717, 1.165) is 72.5 Å². The van der Waals surface area contributed by atoms with Crippen molar-refractivity contribution in [2.45, 2.75) is 32.9 Å². The molecule has 1 amide bonds. The van der Waals surface area contributed by atoms with Crippen LogP contribution in [0.3, 0.4) is 0 Å². The number of methoxy groups -OCH3 is 1. The van der Waals surface area contributed by atoms with Gasteiger partial charge in [0.15, 0.2) is 5.58 Å².